The van der Waals surface area contributed by atoms with Crippen LogP contribution in [-0.4, -0.2) is 23.6 Å². The van der Waals surface area contributed by atoms with Crippen molar-refractivity contribution in [3.63, 3.8) is 0 Å². The van der Waals surface area contributed by atoms with Crippen LogP contribution in [0.1, 0.15) is 59.8 Å². The number of hydrogen-bond acceptors (Lipinski definition) is 3. The van der Waals surface area contributed by atoms with Gasteiger partial charge in [-0.15, -0.1) is 0 Å². The average Bonchev–Trinajstić information content (AvgIpc) is 2.26. The molecule has 0 aromatic heterocycles. The SMILES string of the molecule is CC(NOC(C)(C)C)C(=O)NC1CCCCC1. The summed E-state index contributed by atoms with van der Waals surface area (Å²) in [6.07, 6.45) is 5.97. The molecule has 1 aliphatic carbocycles. The Balaban J connectivity index is 2.26. The first-order chi connectivity index (χ1) is 7.88. The van der Waals surface area contributed by atoms with Crippen LogP contribution >= 0.6 is 0 Å². The zero-order valence-corrected chi connectivity index (χ0v) is 11.5. The van der Waals surface area contributed by atoms with Crippen molar-refractivity contribution in [1.82, 2.24) is 10.8 Å². The highest BCUT2D eigenvalue weighted by molar-refractivity contribution is 5.81. The zero-order valence-electron chi connectivity index (χ0n) is 11.5. The molecule has 1 atom stereocenters. The van der Waals surface area contributed by atoms with Crippen molar-refractivity contribution in [1.29, 1.82) is 0 Å². The summed E-state index contributed by atoms with van der Waals surface area (Å²) in [6.45, 7) is 7.67. The Kier molecular flexibility index (Phi) is 5.40. The standard InChI is InChI=1S/C13H26N2O2/c1-10(15-17-13(2,3)4)12(16)14-11-8-6-5-7-9-11/h10-11,15H,5-9H2,1-4H3,(H,14,16). The second-order valence-electron chi connectivity index (χ2n) is 5.90. The van der Waals surface area contributed by atoms with E-state index in [2.05, 4.69) is 10.8 Å². The van der Waals surface area contributed by atoms with Crippen molar-refractivity contribution < 1.29 is 9.63 Å². The van der Waals surface area contributed by atoms with Crippen LogP contribution in [0.5, 0.6) is 0 Å². The summed E-state index contributed by atoms with van der Waals surface area (Å²) < 4.78 is 0. The van der Waals surface area contributed by atoms with Gasteiger partial charge in [0.25, 0.3) is 0 Å². The fourth-order valence-corrected chi connectivity index (χ4v) is 1.89. The van der Waals surface area contributed by atoms with Gasteiger partial charge in [-0.05, 0) is 40.5 Å². The Morgan fingerprint density at radius 1 is 1.24 bits per heavy atom. The molecule has 0 spiro atoms. The predicted molar refractivity (Wildman–Crippen MR) is 68.5 cm³/mol. The average molecular weight is 242 g/mol. The van der Waals surface area contributed by atoms with E-state index in [1.54, 1.807) is 0 Å². The van der Waals surface area contributed by atoms with E-state index in [9.17, 15) is 4.79 Å². The minimum Gasteiger partial charge on any atom is -0.352 e. The minimum absolute atomic E-state index is 0.0288. The maximum absolute atomic E-state index is 11.9. The molecule has 1 saturated carbocycles. The predicted octanol–water partition coefficient (Wildman–Crippen LogP) is 2.14. The van der Waals surface area contributed by atoms with Gasteiger partial charge < -0.3 is 5.32 Å². The van der Waals surface area contributed by atoms with Crippen molar-refractivity contribution in [2.24, 2.45) is 0 Å². The summed E-state index contributed by atoms with van der Waals surface area (Å²) in [6, 6.07) is 0.0475. The van der Waals surface area contributed by atoms with Gasteiger partial charge in [-0.2, -0.15) is 5.48 Å². The topological polar surface area (TPSA) is 50.4 Å². The molecule has 0 aromatic carbocycles. The van der Waals surface area contributed by atoms with E-state index in [1.165, 1.54) is 19.3 Å². The zero-order chi connectivity index (χ0) is 12.9. The first-order valence-corrected chi connectivity index (χ1v) is 6.62. The number of hydroxylamine groups is 1. The molecule has 1 unspecified atom stereocenters. The summed E-state index contributed by atoms with van der Waals surface area (Å²) in [5.41, 5.74) is 2.52. The molecule has 0 aliphatic heterocycles. The second kappa shape index (κ2) is 6.36. The summed E-state index contributed by atoms with van der Waals surface area (Å²) in [4.78, 5) is 17.3. The summed E-state index contributed by atoms with van der Waals surface area (Å²) >= 11 is 0. The van der Waals surface area contributed by atoms with Gasteiger partial charge in [-0.1, -0.05) is 19.3 Å². The second-order valence-corrected chi connectivity index (χ2v) is 5.90. The van der Waals surface area contributed by atoms with E-state index in [4.69, 9.17) is 4.84 Å². The molecule has 100 valence electrons. The lowest BCUT2D eigenvalue weighted by Crippen LogP contribution is -2.48. The number of carbonyl (C=O) groups excluding carboxylic acids is 1. The molecule has 1 aliphatic rings. The maximum atomic E-state index is 11.9. The van der Waals surface area contributed by atoms with Gasteiger partial charge in [0.05, 0.1) is 5.60 Å². The number of hydrogen-bond donors (Lipinski definition) is 2. The van der Waals surface area contributed by atoms with Crippen molar-refractivity contribution >= 4 is 5.91 Å². The highest BCUT2D eigenvalue weighted by Crippen LogP contribution is 2.17. The molecular formula is C13H26N2O2. The fraction of sp³-hybridized carbons (Fsp3) is 0.923. The number of carbonyl (C=O) groups is 1. The Hall–Kier alpha value is -0.610. The summed E-state index contributed by atoms with van der Waals surface area (Å²) in [5, 5.41) is 3.07. The van der Waals surface area contributed by atoms with Gasteiger partial charge >= 0.3 is 0 Å². The molecule has 4 nitrogen and oxygen atoms in total. The Morgan fingerprint density at radius 3 is 2.35 bits per heavy atom. The normalized spacial score (nSPS) is 20.0. The molecule has 0 heterocycles. The molecular weight excluding hydrogens is 216 g/mol. The number of amides is 1. The van der Waals surface area contributed by atoms with Crippen LogP contribution in [0.3, 0.4) is 0 Å². The van der Waals surface area contributed by atoms with Gasteiger partial charge in [0.1, 0.15) is 6.04 Å². The molecule has 4 heteroatoms. The van der Waals surface area contributed by atoms with Gasteiger partial charge in [0, 0.05) is 6.04 Å². The monoisotopic (exact) mass is 242 g/mol. The van der Waals surface area contributed by atoms with Crippen molar-refractivity contribution in [3.8, 4) is 0 Å². The van der Waals surface area contributed by atoms with Crippen LogP contribution in [0.25, 0.3) is 0 Å². The lowest BCUT2D eigenvalue weighted by atomic mass is 9.95. The lowest BCUT2D eigenvalue weighted by molar-refractivity contribution is -0.134. The largest absolute Gasteiger partial charge is 0.352 e. The van der Waals surface area contributed by atoms with Gasteiger partial charge in [0.2, 0.25) is 5.91 Å². The van der Waals surface area contributed by atoms with Crippen molar-refractivity contribution in [2.45, 2.75) is 77.5 Å². The van der Waals surface area contributed by atoms with Crippen LogP contribution in [0.2, 0.25) is 0 Å². The van der Waals surface area contributed by atoms with Crippen LogP contribution < -0.4 is 10.8 Å². The van der Waals surface area contributed by atoms with Gasteiger partial charge in [-0.25, -0.2) is 0 Å². The van der Waals surface area contributed by atoms with E-state index in [1.807, 2.05) is 27.7 Å². The fourth-order valence-electron chi connectivity index (χ4n) is 1.89. The molecule has 1 fully saturated rings. The molecule has 0 radical (unpaired) electrons. The molecule has 1 rings (SSSR count). The Morgan fingerprint density at radius 2 is 1.82 bits per heavy atom. The number of nitrogens with one attached hydrogen (secondary N) is 2. The van der Waals surface area contributed by atoms with Crippen LogP contribution in [-0.2, 0) is 9.63 Å². The summed E-state index contributed by atoms with van der Waals surface area (Å²) in [5.74, 6) is 0.0288. The minimum atomic E-state index is -0.309. The Labute approximate surface area is 104 Å². The highest BCUT2D eigenvalue weighted by Gasteiger charge is 2.21. The van der Waals surface area contributed by atoms with Crippen LogP contribution in [0.4, 0.5) is 0 Å². The first-order valence-electron chi connectivity index (χ1n) is 6.62. The van der Waals surface area contributed by atoms with Gasteiger partial charge in [-0.3, -0.25) is 9.63 Å². The Bertz CT molecular complexity index is 242. The van der Waals surface area contributed by atoms with Gasteiger partial charge in [0.15, 0.2) is 0 Å². The van der Waals surface area contributed by atoms with E-state index in [0.717, 1.165) is 12.8 Å². The molecule has 0 aromatic rings. The van der Waals surface area contributed by atoms with E-state index >= 15 is 0 Å². The van der Waals surface area contributed by atoms with E-state index in [0.29, 0.717) is 6.04 Å². The molecule has 2 N–H and O–H groups in total. The molecule has 0 bridgehead atoms. The lowest BCUT2D eigenvalue weighted by Gasteiger charge is -2.26. The summed E-state index contributed by atoms with van der Waals surface area (Å²) in [7, 11) is 0. The van der Waals surface area contributed by atoms with Crippen LogP contribution in [0.15, 0.2) is 0 Å². The molecule has 0 saturated heterocycles. The van der Waals surface area contributed by atoms with Crippen molar-refractivity contribution in [2.75, 3.05) is 0 Å². The highest BCUT2D eigenvalue weighted by atomic mass is 16.7. The van der Waals surface area contributed by atoms with E-state index < -0.39 is 0 Å². The van der Waals surface area contributed by atoms with E-state index in [-0.39, 0.29) is 17.6 Å². The molecule has 1 amide bonds. The first kappa shape index (κ1) is 14.5. The third kappa shape index (κ3) is 6.03. The van der Waals surface area contributed by atoms with Crippen LogP contribution in [0, 0.1) is 0 Å². The molecule has 17 heavy (non-hydrogen) atoms. The maximum Gasteiger partial charge on any atom is 0.239 e. The quantitative estimate of drug-likeness (QED) is 0.743. The third-order valence-corrected chi connectivity index (χ3v) is 2.89. The third-order valence-electron chi connectivity index (χ3n) is 2.89. The van der Waals surface area contributed by atoms with Crippen molar-refractivity contribution in [3.05, 3.63) is 0 Å². The number of rotatable bonds is 4. The smallest absolute Gasteiger partial charge is 0.239 e.